The first kappa shape index (κ1) is 31.3. The zero-order valence-corrected chi connectivity index (χ0v) is 28.4. The Bertz CT molecular complexity index is 1780. The van der Waals surface area contributed by atoms with E-state index in [1.54, 1.807) is 11.8 Å². The second kappa shape index (κ2) is 11.9. The second-order valence-corrected chi connectivity index (χ2v) is 16.1. The average Bonchev–Trinajstić information content (AvgIpc) is 2.97. The Morgan fingerprint density at radius 1 is 0.800 bits per heavy atom. The van der Waals surface area contributed by atoms with Crippen LogP contribution in [0.5, 0.6) is 5.75 Å². The van der Waals surface area contributed by atoms with Gasteiger partial charge in [0.05, 0.1) is 22.7 Å². The first-order chi connectivity index (χ1) is 21.3. The number of nitrogens with one attached hydrogen (secondary N) is 1. The van der Waals surface area contributed by atoms with E-state index in [0.29, 0.717) is 12.2 Å². The summed E-state index contributed by atoms with van der Waals surface area (Å²) in [6, 6.07) is 24.6. The number of anilines is 4. The Hall–Kier alpha value is -3.68. The maximum Gasteiger partial charge on any atom is 0.231 e. The van der Waals surface area contributed by atoms with Crippen LogP contribution in [0.1, 0.15) is 83.1 Å². The number of rotatable bonds is 5. The van der Waals surface area contributed by atoms with Gasteiger partial charge in [0.2, 0.25) is 5.91 Å². The minimum Gasteiger partial charge on any atom is -0.507 e. The van der Waals surface area contributed by atoms with Gasteiger partial charge in [0, 0.05) is 45.1 Å². The molecule has 0 saturated heterocycles. The molecule has 0 aromatic heterocycles. The van der Waals surface area contributed by atoms with Crippen molar-refractivity contribution in [3.05, 3.63) is 95.1 Å². The van der Waals surface area contributed by atoms with Crippen LogP contribution in [0.4, 0.5) is 22.7 Å². The summed E-state index contributed by atoms with van der Waals surface area (Å²) < 4.78 is 0. The van der Waals surface area contributed by atoms with E-state index in [1.807, 2.05) is 47.4 Å². The number of benzene rings is 4. The largest absolute Gasteiger partial charge is 0.507 e. The lowest BCUT2D eigenvalue weighted by Gasteiger charge is -2.33. The smallest absolute Gasteiger partial charge is 0.231 e. The highest BCUT2D eigenvalue weighted by Gasteiger charge is 2.30. The molecule has 0 fully saturated rings. The van der Waals surface area contributed by atoms with Crippen LogP contribution in [0.3, 0.4) is 0 Å². The van der Waals surface area contributed by atoms with Crippen molar-refractivity contribution >= 4 is 57.3 Å². The van der Waals surface area contributed by atoms with Gasteiger partial charge in [-0.1, -0.05) is 95.4 Å². The third-order valence-electron chi connectivity index (χ3n) is 8.36. The Kier molecular flexibility index (Phi) is 8.29. The van der Waals surface area contributed by atoms with Crippen molar-refractivity contribution in [2.45, 2.75) is 92.7 Å². The Morgan fingerprint density at radius 3 is 2.18 bits per heavy atom. The van der Waals surface area contributed by atoms with Gasteiger partial charge in [0.25, 0.3) is 0 Å². The zero-order chi connectivity index (χ0) is 32.1. The van der Waals surface area contributed by atoms with Crippen molar-refractivity contribution in [2.75, 3.05) is 10.2 Å². The topological polar surface area (TPSA) is 69.6 Å². The van der Waals surface area contributed by atoms with Crippen LogP contribution >= 0.6 is 23.5 Å². The Morgan fingerprint density at radius 2 is 1.47 bits per heavy atom. The summed E-state index contributed by atoms with van der Waals surface area (Å²) in [5.41, 5.74) is 7.34. The fourth-order valence-electron chi connectivity index (χ4n) is 6.04. The monoisotopic (exact) mass is 636 g/mol. The molecule has 2 N–H and O–H groups in total. The van der Waals surface area contributed by atoms with Crippen LogP contribution < -0.4 is 10.2 Å². The molecule has 45 heavy (non-hydrogen) atoms. The number of hydrogen-bond donors (Lipinski definition) is 2. The summed E-state index contributed by atoms with van der Waals surface area (Å²) in [6.45, 7) is 12.4. The molecule has 6 rings (SSSR count). The number of para-hydroxylation sites is 2. The fourth-order valence-corrected chi connectivity index (χ4v) is 7.90. The molecular weight excluding hydrogens is 597 g/mol. The lowest BCUT2D eigenvalue weighted by atomic mass is 9.79. The number of carbonyl (C=O) groups is 2. The zero-order valence-electron chi connectivity index (χ0n) is 26.8. The molecule has 2 heterocycles. The molecule has 5 nitrogen and oxygen atoms in total. The van der Waals surface area contributed by atoms with Gasteiger partial charge in [-0.05, 0) is 70.8 Å². The maximum atomic E-state index is 13.9. The number of fused-ring (bicyclic) bond motifs is 4. The van der Waals surface area contributed by atoms with Crippen molar-refractivity contribution in [1.29, 1.82) is 0 Å². The predicted molar refractivity (Wildman–Crippen MR) is 187 cm³/mol. The molecule has 0 aliphatic carbocycles. The Balaban J connectivity index is 1.19. The van der Waals surface area contributed by atoms with E-state index in [1.165, 1.54) is 11.8 Å². The van der Waals surface area contributed by atoms with Crippen molar-refractivity contribution in [3.63, 3.8) is 0 Å². The Labute approximate surface area is 274 Å². The van der Waals surface area contributed by atoms with Crippen molar-refractivity contribution in [3.8, 4) is 5.75 Å². The molecule has 0 radical (unpaired) electrons. The average molecular weight is 637 g/mol. The SMILES string of the molecule is CC(C)(C)c1cc(SC(=O)CCCC(=O)N2c3ccccc3Cc3cc4c(cc32)Sc2ccccc2N4)cc(C(C)(C)C)c1O. The number of amides is 1. The third-order valence-corrected chi connectivity index (χ3v) is 10.4. The number of phenolic OH excluding ortho intramolecular Hbond substituents is 1. The quantitative estimate of drug-likeness (QED) is 0.187. The fraction of sp³-hybridized carbons (Fsp3) is 0.316. The molecular formula is C38H40N2O3S2. The van der Waals surface area contributed by atoms with Crippen LogP contribution in [0.25, 0.3) is 0 Å². The molecule has 232 valence electrons. The van der Waals surface area contributed by atoms with E-state index in [9.17, 15) is 14.7 Å². The third kappa shape index (κ3) is 6.38. The van der Waals surface area contributed by atoms with Crippen LogP contribution in [0, 0.1) is 0 Å². The molecule has 1 amide bonds. The number of carbonyl (C=O) groups excluding carboxylic acids is 2. The normalized spacial score (nSPS) is 13.7. The van der Waals surface area contributed by atoms with Gasteiger partial charge >= 0.3 is 0 Å². The summed E-state index contributed by atoms with van der Waals surface area (Å²) >= 11 is 2.92. The highest BCUT2D eigenvalue weighted by molar-refractivity contribution is 8.13. The number of aromatic hydroxyl groups is 1. The molecule has 0 saturated carbocycles. The van der Waals surface area contributed by atoms with Gasteiger partial charge in [-0.2, -0.15) is 0 Å². The van der Waals surface area contributed by atoms with E-state index in [0.717, 1.165) is 66.1 Å². The minimum absolute atomic E-state index is 0.00927. The standard InChI is InChI=1S/C38H40N2O3S2/c1-37(2,3)26-20-25(21-27(36(26)43)38(4,5)6)44-35(42)17-11-16-34(41)40-30-14-9-7-12-23(30)18-24-19-29-33(22-31(24)40)45-32-15-10-8-13-28(32)39-29/h7-10,12-15,19-22,39,43H,11,16-18H2,1-6H3. The molecule has 0 unspecified atom stereocenters. The van der Waals surface area contributed by atoms with Gasteiger partial charge in [-0.3, -0.25) is 14.5 Å². The number of thioether (sulfide) groups is 1. The number of nitrogens with zero attached hydrogens (tertiary/aromatic N) is 1. The second-order valence-electron chi connectivity index (χ2n) is 13.9. The highest BCUT2D eigenvalue weighted by Crippen LogP contribution is 2.49. The van der Waals surface area contributed by atoms with Crippen LogP contribution in [-0.2, 0) is 26.8 Å². The van der Waals surface area contributed by atoms with E-state index < -0.39 is 0 Å². The highest BCUT2D eigenvalue weighted by atomic mass is 32.2. The molecule has 0 spiro atoms. The van der Waals surface area contributed by atoms with Gasteiger partial charge < -0.3 is 10.4 Å². The predicted octanol–water partition coefficient (Wildman–Crippen LogP) is 10.3. The van der Waals surface area contributed by atoms with E-state index >= 15 is 0 Å². The first-order valence-electron chi connectivity index (χ1n) is 15.5. The number of hydrogen-bond acceptors (Lipinski definition) is 6. The lowest BCUT2D eigenvalue weighted by Crippen LogP contribution is -2.30. The molecule has 0 atom stereocenters. The first-order valence-corrected chi connectivity index (χ1v) is 17.1. The molecule has 4 aromatic carbocycles. The van der Waals surface area contributed by atoms with E-state index in [4.69, 9.17) is 0 Å². The summed E-state index contributed by atoms with van der Waals surface area (Å²) in [5.74, 6) is 0.295. The summed E-state index contributed by atoms with van der Waals surface area (Å²) in [4.78, 5) is 32.1. The van der Waals surface area contributed by atoms with E-state index in [-0.39, 0.29) is 34.7 Å². The van der Waals surface area contributed by atoms with Gasteiger partial charge in [0.15, 0.2) is 5.12 Å². The molecule has 0 bridgehead atoms. The maximum absolute atomic E-state index is 13.9. The molecule has 7 heteroatoms. The van der Waals surface area contributed by atoms with Crippen molar-refractivity contribution < 1.29 is 14.7 Å². The van der Waals surface area contributed by atoms with Gasteiger partial charge in [-0.15, -0.1) is 0 Å². The lowest BCUT2D eigenvalue weighted by molar-refractivity contribution is -0.118. The van der Waals surface area contributed by atoms with Crippen LogP contribution in [-0.4, -0.2) is 16.1 Å². The van der Waals surface area contributed by atoms with Gasteiger partial charge in [-0.25, -0.2) is 0 Å². The molecule has 4 aromatic rings. The van der Waals surface area contributed by atoms with Gasteiger partial charge in [0.1, 0.15) is 5.75 Å². The van der Waals surface area contributed by atoms with E-state index in [2.05, 4.69) is 77.2 Å². The summed E-state index contributed by atoms with van der Waals surface area (Å²) in [7, 11) is 0. The van der Waals surface area contributed by atoms with Crippen molar-refractivity contribution in [1.82, 2.24) is 0 Å². The number of phenols is 1. The summed E-state index contributed by atoms with van der Waals surface area (Å²) in [5, 5.41) is 14.6. The van der Waals surface area contributed by atoms with Crippen LogP contribution in [0.15, 0.2) is 87.5 Å². The molecule has 2 aliphatic rings. The minimum atomic E-state index is -0.269. The van der Waals surface area contributed by atoms with Crippen LogP contribution in [0.2, 0.25) is 0 Å². The van der Waals surface area contributed by atoms with Crippen molar-refractivity contribution in [2.24, 2.45) is 0 Å². The summed E-state index contributed by atoms with van der Waals surface area (Å²) in [6.07, 6.45) is 1.77. The molecule has 2 aliphatic heterocycles.